The normalized spacial score (nSPS) is 13.5. The lowest BCUT2D eigenvalue weighted by Crippen LogP contribution is -2.47. The van der Waals surface area contributed by atoms with Crippen LogP contribution in [0.5, 0.6) is 0 Å². The second-order valence-electron chi connectivity index (χ2n) is 7.79. The van der Waals surface area contributed by atoms with E-state index in [1.165, 1.54) is 24.2 Å². The summed E-state index contributed by atoms with van der Waals surface area (Å²) in [6.07, 6.45) is 4.99. The van der Waals surface area contributed by atoms with E-state index in [4.69, 9.17) is 0 Å². The Hall–Kier alpha value is -3.99. The molecule has 2 aromatic heterocycles. The maximum absolute atomic E-state index is 13.9. The highest BCUT2D eigenvalue weighted by molar-refractivity contribution is 7.99. The Bertz CT molecular complexity index is 1260. The molecule has 1 aliphatic heterocycles. The number of piperazine rings is 1. The Morgan fingerprint density at radius 1 is 0.800 bits per heavy atom. The van der Waals surface area contributed by atoms with E-state index in [2.05, 4.69) is 45.4 Å². The molecule has 178 valence electrons. The Kier molecular flexibility index (Phi) is 6.85. The number of nitrogens with zero attached hydrogens (tertiary/aromatic N) is 7. The van der Waals surface area contributed by atoms with E-state index < -0.39 is 0 Å². The van der Waals surface area contributed by atoms with Crippen LogP contribution in [0.25, 0.3) is 0 Å². The quantitative estimate of drug-likeness (QED) is 0.396. The van der Waals surface area contributed by atoms with E-state index in [0.717, 1.165) is 42.4 Å². The zero-order chi connectivity index (χ0) is 24.0. The lowest BCUT2D eigenvalue weighted by molar-refractivity contribution is 0.602. The van der Waals surface area contributed by atoms with Gasteiger partial charge in [0.25, 0.3) is 0 Å². The smallest absolute Gasteiger partial charge is 0.231 e. The van der Waals surface area contributed by atoms with Crippen molar-refractivity contribution in [3.05, 3.63) is 73.1 Å². The van der Waals surface area contributed by atoms with Crippen LogP contribution in [-0.2, 0) is 0 Å². The average molecular weight is 490 g/mol. The van der Waals surface area contributed by atoms with Gasteiger partial charge in [0.1, 0.15) is 12.1 Å². The standard InChI is InChI=1S/C24H24FN9S/c1-26-17-6-8-18(9-7-17)31-22-29-16-30-24(32-22)34-12-10-33(11-13-34)23-27-14-19(15-28-23)35-21-5-3-2-4-20(21)25/h2-9,14-16,26H,10-13H2,1H3,(H,29,30,31,32). The van der Waals surface area contributed by atoms with Crippen molar-refractivity contribution in [3.8, 4) is 0 Å². The minimum absolute atomic E-state index is 0.249. The largest absolute Gasteiger partial charge is 0.388 e. The van der Waals surface area contributed by atoms with Crippen molar-refractivity contribution in [2.75, 3.05) is 53.7 Å². The third kappa shape index (κ3) is 5.57. The van der Waals surface area contributed by atoms with Crippen molar-refractivity contribution < 1.29 is 4.39 Å². The monoisotopic (exact) mass is 489 g/mol. The average Bonchev–Trinajstić information content (AvgIpc) is 2.91. The molecular formula is C24H24FN9S. The molecule has 2 N–H and O–H groups in total. The number of halogens is 1. The molecule has 0 aliphatic carbocycles. The van der Waals surface area contributed by atoms with E-state index in [9.17, 15) is 4.39 Å². The number of nitrogens with one attached hydrogen (secondary N) is 2. The maximum atomic E-state index is 13.9. The Morgan fingerprint density at radius 3 is 2.14 bits per heavy atom. The summed E-state index contributed by atoms with van der Waals surface area (Å²) in [5, 5.41) is 6.32. The van der Waals surface area contributed by atoms with E-state index in [-0.39, 0.29) is 5.82 Å². The van der Waals surface area contributed by atoms with Crippen molar-refractivity contribution in [2.45, 2.75) is 9.79 Å². The van der Waals surface area contributed by atoms with Crippen LogP contribution >= 0.6 is 11.8 Å². The van der Waals surface area contributed by atoms with Crippen LogP contribution < -0.4 is 20.4 Å². The molecule has 2 aromatic carbocycles. The second-order valence-corrected chi connectivity index (χ2v) is 8.90. The summed E-state index contributed by atoms with van der Waals surface area (Å²) < 4.78 is 13.9. The zero-order valence-corrected chi connectivity index (χ0v) is 19.9. The van der Waals surface area contributed by atoms with E-state index in [1.54, 1.807) is 24.5 Å². The molecule has 0 spiro atoms. The fourth-order valence-electron chi connectivity index (χ4n) is 3.64. The predicted molar refractivity (Wildman–Crippen MR) is 136 cm³/mol. The van der Waals surface area contributed by atoms with Gasteiger partial charge >= 0.3 is 0 Å². The molecule has 9 nitrogen and oxygen atoms in total. The molecule has 1 saturated heterocycles. The predicted octanol–water partition coefficient (Wildman–Crippen LogP) is 4.06. The Labute approximate surface area is 206 Å². The van der Waals surface area contributed by atoms with Gasteiger partial charge in [-0.2, -0.15) is 4.98 Å². The first-order chi connectivity index (χ1) is 17.2. The lowest BCUT2D eigenvalue weighted by atomic mass is 10.3. The molecule has 1 fully saturated rings. The van der Waals surface area contributed by atoms with Crippen LogP contribution in [0, 0.1) is 5.82 Å². The van der Waals surface area contributed by atoms with Gasteiger partial charge in [0, 0.05) is 66.8 Å². The number of aromatic nitrogens is 5. The van der Waals surface area contributed by atoms with E-state index in [0.29, 0.717) is 22.7 Å². The third-order valence-corrected chi connectivity index (χ3v) is 6.51. The van der Waals surface area contributed by atoms with E-state index >= 15 is 0 Å². The van der Waals surface area contributed by atoms with Gasteiger partial charge in [-0.3, -0.25) is 0 Å². The van der Waals surface area contributed by atoms with Crippen LogP contribution in [0.4, 0.5) is 33.6 Å². The number of benzene rings is 2. The topological polar surface area (TPSA) is 95.0 Å². The summed E-state index contributed by atoms with van der Waals surface area (Å²) in [6, 6.07) is 14.6. The first-order valence-corrected chi connectivity index (χ1v) is 12.0. The Balaban J connectivity index is 1.18. The molecule has 0 unspecified atom stereocenters. The highest BCUT2D eigenvalue weighted by atomic mass is 32.2. The molecule has 5 rings (SSSR count). The summed E-state index contributed by atoms with van der Waals surface area (Å²) in [6.45, 7) is 2.93. The summed E-state index contributed by atoms with van der Waals surface area (Å²) in [4.78, 5) is 27.8. The van der Waals surface area contributed by atoms with Crippen LogP contribution in [0.1, 0.15) is 0 Å². The molecule has 11 heteroatoms. The SMILES string of the molecule is CNc1ccc(Nc2ncnc(N3CCN(c4ncc(Sc5ccccc5F)cn4)CC3)n2)cc1. The summed E-state index contributed by atoms with van der Waals surface area (Å²) >= 11 is 1.31. The van der Waals surface area contributed by atoms with Crippen molar-refractivity contribution in [3.63, 3.8) is 0 Å². The van der Waals surface area contributed by atoms with Gasteiger partial charge in [0.05, 0.1) is 0 Å². The van der Waals surface area contributed by atoms with Gasteiger partial charge in [0.15, 0.2) is 0 Å². The fraction of sp³-hybridized carbons (Fsp3) is 0.208. The summed E-state index contributed by atoms with van der Waals surface area (Å²) in [7, 11) is 1.88. The molecule has 4 aromatic rings. The van der Waals surface area contributed by atoms with Gasteiger partial charge in [-0.25, -0.2) is 24.3 Å². The highest BCUT2D eigenvalue weighted by Gasteiger charge is 2.21. The summed E-state index contributed by atoms with van der Waals surface area (Å²) in [5.41, 5.74) is 1.94. The van der Waals surface area contributed by atoms with Crippen molar-refractivity contribution in [2.24, 2.45) is 0 Å². The minimum Gasteiger partial charge on any atom is -0.388 e. The Morgan fingerprint density at radius 2 is 1.46 bits per heavy atom. The van der Waals surface area contributed by atoms with Crippen molar-refractivity contribution in [1.29, 1.82) is 0 Å². The van der Waals surface area contributed by atoms with E-state index in [1.807, 2.05) is 37.4 Å². The number of anilines is 5. The molecular weight excluding hydrogens is 465 g/mol. The van der Waals surface area contributed by atoms with Crippen LogP contribution in [0.3, 0.4) is 0 Å². The molecule has 0 atom stereocenters. The van der Waals surface area contributed by atoms with Gasteiger partial charge in [-0.05, 0) is 36.4 Å². The first kappa shape index (κ1) is 22.8. The lowest BCUT2D eigenvalue weighted by Gasteiger charge is -2.34. The fourth-order valence-corrected chi connectivity index (χ4v) is 4.41. The highest BCUT2D eigenvalue weighted by Crippen LogP contribution is 2.29. The second kappa shape index (κ2) is 10.5. The first-order valence-electron chi connectivity index (χ1n) is 11.2. The van der Waals surface area contributed by atoms with Gasteiger partial charge in [0.2, 0.25) is 17.8 Å². The van der Waals surface area contributed by atoms with Gasteiger partial charge < -0.3 is 20.4 Å². The van der Waals surface area contributed by atoms with Crippen LogP contribution in [0.15, 0.2) is 77.0 Å². The summed E-state index contributed by atoms with van der Waals surface area (Å²) in [5.74, 6) is 1.54. The number of rotatable bonds is 7. The molecule has 0 radical (unpaired) electrons. The third-order valence-electron chi connectivity index (χ3n) is 5.51. The van der Waals surface area contributed by atoms with Gasteiger partial charge in [-0.15, -0.1) is 0 Å². The van der Waals surface area contributed by atoms with Crippen molar-refractivity contribution in [1.82, 2.24) is 24.9 Å². The van der Waals surface area contributed by atoms with Crippen molar-refractivity contribution >= 4 is 41.0 Å². The molecule has 35 heavy (non-hydrogen) atoms. The van der Waals surface area contributed by atoms with Crippen LogP contribution in [0.2, 0.25) is 0 Å². The number of hydrogen-bond donors (Lipinski definition) is 2. The number of hydrogen-bond acceptors (Lipinski definition) is 10. The molecule has 0 bridgehead atoms. The maximum Gasteiger partial charge on any atom is 0.231 e. The molecule has 0 amide bonds. The molecule has 0 saturated carbocycles. The van der Waals surface area contributed by atoms with Crippen LogP contribution in [-0.4, -0.2) is 58.1 Å². The minimum atomic E-state index is -0.249. The molecule has 3 heterocycles. The zero-order valence-electron chi connectivity index (χ0n) is 19.1. The van der Waals surface area contributed by atoms with Gasteiger partial charge in [-0.1, -0.05) is 23.9 Å². The molecule has 1 aliphatic rings.